The summed E-state index contributed by atoms with van der Waals surface area (Å²) in [7, 11) is 1.69. The van der Waals surface area contributed by atoms with Crippen LogP contribution in [0.15, 0.2) is 11.4 Å². The van der Waals surface area contributed by atoms with E-state index in [4.69, 9.17) is 5.84 Å². The van der Waals surface area contributed by atoms with Crippen LogP contribution in [0.3, 0.4) is 0 Å². The van der Waals surface area contributed by atoms with Crippen molar-refractivity contribution in [3.8, 4) is 0 Å². The van der Waals surface area contributed by atoms with E-state index in [1.807, 2.05) is 11.4 Å². The third kappa shape index (κ3) is 2.64. The molecule has 0 aromatic carbocycles. The summed E-state index contributed by atoms with van der Waals surface area (Å²) in [5.74, 6) is 6.99. The molecule has 1 aliphatic heterocycles. The molecule has 0 spiro atoms. The minimum absolute atomic E-state index is 0.0955. The van der Waals surface area contributed by atoms with Gasteiger partial charge in [0.15, 0.2) is 0 Å². The summed E-state index contributed by atoms with van der Waals surface area (Å²) in [6, 6.07) is 2.03. The Balaban J connectivity index is 1.85. The van der Waals surface area contributed by atoms with E-state index in [0.717, 1.165) is 42.0 Å². The predicted molar refractivity (Wildman–Crippen MR) is 84.2 cm³/mol. The fourth-order valence-corrected chi connectivity index (χ4v) is 3.46. The average Bonchev–Trinajstić information content (AvgIpc) is 3.01. The molecule has 21 heavy (non-hydrogen) atoms. The third-order valence-corrected chi connectivity index (χ3v) is 4.65. The molecule has 1 fully saturated rings. The number of nitrogens with two attached hydrogens (primary N) is 1. The van der Waals surface area contributed by atoms with Crippen LogP contribution >= 0.6 is 11.3 Å². The number of nitrogen functional groups attached to an aromatic ring is 1. The van der Waals surface area contributed by atoms with Gasteiger partial charge < -0.3 is 10.2 Å². The molecule has 8 heteroatoms. The first-order chi connectivity index (χ1) is 10.2. The number of piperidine rings is 1. The van der Waals surface area contributed by atoms with Gasteiger partial charge >= 0.3 is 0 Å². The van der Waals surface area contributed by atoms with E-state index >= 15 is 0 Å². The summed E-state index contributed by atoms with van der Waals surface area (Å²) >= 11 is 1.57. The highest BCUT2D eigenvalue weighted by atomic mass is 32.1. The van der Waals surface area contributed by atoms with Crippen LogP contribution in [-0.4, -0.2) is 36.0 Å². The van der Waals surface area contributed by atoms with Gasteiger partial charge in [0, 0.05) is 26.1 Å². The Morgan fingerprint density at radius 2 is 2.19 bits per heavy atom. The SMILES string of the molecule is CNC(=O)C1CCN(c2nc(NN)nc3sccc23)CC1. The molecule has 1 saturated heterocycles. The van der Waals surface area contributed by atoms with Gasteiger partial charge in [-0.15, -0.1) is 11.3 Å². The number of carbonyl (C=O) groups excluding carboxylic acids is 1. The minimum atomic E-state index is 0.0955. The second-order valence-corrected chi connectivity index (χ2v) is 5.92. The molecule has 0 bridgehead atoms. The Morgan fingerprint density at radius 3 is 2.86 bits per heavy atom. The number of hydrogen-bond acceptors (Lipinski definition) is 7. The number of thiophene rings is 1. The van der Waals surface area contributed by atoms with E-state index < -0.39 is 0 Å². The highest BCUT2D eigenvalue weighted by Gasteiger charge is 2.26. The lowest BCUT2D eigenvalue weighted by Gasteiger charge is -2.32. The van der Waals surface area contributed by atoms with Gasteiger partial charge in [0.1, 0.15) is 10.6 Å². The van der Waals surface area contributed by atoms with Crippen molar-refractivity contribution in [3.05, 3.63) is 11.4 Å². The van der Waals surface area contributed by atoms with E-state index in [-0.39, 0.29) is 11.8 Å². The van der Waals surface area contributed by atoms with Crippen LogP contribution in [0.4, 0.5) is 11.8 Å². The first-order valence-electron chi connectivity index (χ1n) is 6.91. The molecule has 3 heterocycles. The Labute approximate surface area is 126 Å². The van der Waals surface area contributed by atoms with Crippen molar-refractivity contribution in [1.82, 2.24) is 15.3 Å². The standard InChI is InChI=1S/C13H18N6OS/c1-15-11(20)8-2-5-19(6-3-8)10-9-4-7-21-12(9)17-13(16-10)18-14/h4,7-8H,2-3,5-6,14H2,1H3,(H,15,20)(H,16,17,18). The average molecular weight is 306 g/mol. The van der Waals surface area contributed by atoms with Gasteiger partial charge in [-0.1, -0.05) is 0 Å². The lowest BCUT2D eigenvalue weighted by Crippen LogP contribution is -2.40. The van der Waals surface area contributed by atoms with Crippen molar-refractivity contribution in [2.75, 3.05) is 30.5 Å². The number of carbonyl (C=O) groups is 1. The topological polar surface area (TPSA) is 96.2 Å². The van der Waals surface area contributed by atoms with E-state index in [9.17, 15) is 4.79 Å². The molecule has 0 unspecified atom stereocenters. The van der Waals surface area contributed by atoms with Crippen molar-refractivity contribution in [1.29, 1.82) is 0 Å². The largest absolute Gasteiger partial charge is 0.359 e. The molecule has 0 atom stereocenters. The normalized spacial score (nSPS) is 16.2. The molecule has 0 radical (unpaired) electrons. The number of hydrogen-bond donors (Lipinski definition) is 3. The van der Waals surface area contributed by atoms with Gasteiger partial charge in [-0.25, -0.2) is 10.8 Å². The molecule has 1 aliphatic rings. The smallest absolute Gasteiger partial charge is 0.240 e. The summed E-state index contributed by atoms with van der Waals surface area (Å²) < 4.78 is 0. The first-order valence-corrected chi connectivity index (χ1v) is 7.79. The maximum absolute atomic E-state index is 11.7. The van der Waals surface area contributed by atoms with Crippen LogP contribution < -0.4 is 21.5 Å². The molecular weight excluding hydrogens is 288 g/mol. The Morgan fingerprint density at radius 1 is 1.43 bits per heavy atom. The quantitative estimate of drug-likeness (QED) is 0.577. The van der Waals surface area contributed by atoms with Crippen molar-refractivity contribution in [3.63, 3.8) is 0 Å². The maximum atomic E-state index is 11.7. The second-order valence-electron chi connectivity index (χ2n) is 5.03. The summed E-state index contributed by atoms with van der Waals surface area (Å²) in [6.07, 6.45) is 1.67. The number of hydrazine groups is 1. The number of aromatic nitrogens is 2. The maximum Gasteiger partial charge on any atom is 0.240 e. The Hall–Kier alpha value is -1.93. The van der Waals surface area contributed by atoms with Gasteiger partial charge in [-0.3, -0.25) is 10.2 Å². The number of anilines is 2. The zero-order valence-electron chi connectivity index (χ0n) is 11.8. The van der Waals surface area contributed by atoms with E-state index in [1.54, 1.807) is 18.4 Å². The molecular formula is C13H18N6OS. The summed E-state index contributed by atoms with van der Waals surface area (Å²) in [6.45, 7) is 1.62. The second kappa shape index (κ2) is 5.82. The lowest BCUT2D eigenvalue weighted by atomic mass is 9.96. The van der Waals surface area contributed by atoms with Gasteiger partial charge in [0.2, 0.25) is 11.9 Å². The van der Waals surface area contributed by atoms with Gasteiger partial charge in [0.25, 0.3) is 0 Å². The summed E-state index contributed by atoms with van der Waals surface area (Å²) in [4.78, 5) is 23.7. The van der Waals surface area contributed by atoms with Gasteiger partial charge in [-0.2, -0.15) is 4.98 Å². The molecule has 0 saturated carbocycles. The van der Waals surface area contributed by atoms with Crippen molar-refractivity contribution in [2.24, 2.45) is 11.8 Å². The third-order valence-electron chi connectivity index (χ3n) is 3.85. The van der Waals surface area contributed by atoms with Crippen LogP contribution in [0.2, 0.25) is 0 Å². The fraction of sp³-hybridized carbons (Fsp3) is 0.462. The first kappa shape index (κ1) is 14.0. The zero-order valence-corrected chi connectivity index (χ0v) is 12.6. The molecule has 1 amide bonds. The Kier molecular flexibility index (Phi) is 3.89. The molecule has 2 aromatic heterocycles. The predicted octanol–water partition coefficient (Wildman–Crippen LogP) is 0.939. The van der Waals surface area contributed by atoms with Crippen LogP contribution in [0.25, 0.3) is 10.2 Å². The number of fused-ring (bicyclic) bond motifs is 1. The number of amides is 1. The van der Waals surface area contributed by atoms with E-state index in [2.05, 4.69) is 25.6 Å². The highest BCUT2D eigenvalue weighted by Crippen LogP contribution is 2.31. The van der Waals surface area contributed by atoms with Crippen LogP contribution in [0, 0.1) is 5.92 Å². The Bertz CT molecular complexity index is 649. The highest BCUT2D eigenvalue weighted by molar-refractivity contribution is 7.16. The summed E-state index contributed by atoms with van der Waals surface area (Å²) in [5.41, 5.74) is 2.52. The minimum Gasteiger partial charge on any atom is -0.359 e. The zero-order chi connectivity index (χ0) is 14.8. The van der Waals surface area contributed by atoms with Crippen LogP contribution in [0.5, 0.6) is 0 Å². The van der Waals surface area contributed by atoms with Crippen molar-refractivity contribution >= 4 is 39.2 Å². The van der Waals surface area contributed by atoms with Crippen molar-refractivity contribution in [2.45, 2.75) is 12.8 Å². The lowest BCUT2D eigenvalue weighted by molar-refractivity contribution is -0.125. The fourth-order valence-electron chi connectivity index (χ4n) is 2.70. The van der Waals surface area contributed by atoms with E-state index in [0.29, 0.717) is 5.95 Å². The van der Waals surface area contributed by atoms with E-state index in [1.165, 1.54) is 0 Å². The van der Waals surface area contributed by atoms with Crippen LogP contribution in [0.1, 0.15) is 12.8 Å². The molecule has 112 valence electrons. The molecule has 3 rings (SSSR count). The summed E-state index contributed by atoms with van der Waals surface area (Å²) in [5, 5.41) is 5.76. The number of nitrogens with one attached hydrogen (secondary N) is 2. The van der Waals surface area contributed by atoms with Gasteiger partial charge in [-0.05, 0) is 24.3 Å². The molecule has 7 nitrogen and oxygen atoms in total. The number of nitrogens with zero attached hydrogens (tertiary/aromatic N) is 3. The monoisotopic (exact) mass is 306 g/mol. The molecule has 0 aliphatic carbocycles. The molecule has 4 N–H and O–H groups in total. The number of rotatable bonds is 3. The molecule has 2 aromatic rings. The van der Waals surface area contributed by atoms with Gasteiger partial charge in [0.05, 0.1) is 5.39 Å². The van der Waals surface area contributed by atoms with Crippen molar-refractivity contribution < 1.29 is 4.79 Å². The van der Waals surface area contributed by atoms with Crippen LogP contribution in [-0.2, 0) is 4.79 Å².